The molecule has 0 aromatic heterocycles. The van der Waals surface area contributed by atoms with Crippen LogP contribution in [0.4, 0.5) is 4.79 Å². The lowest BCUT2D eigenvalue weighted by atomic mass is 9.49. The Morgan fingerprint density at radius 2 is 2.12 bits per heavy atom. The Morgan fingerprint density at radius 1 is 1.36 bits per heavy atom. The van der Waals surface area contributed by atoms with Gasteiger partial charge < -0.3 is 29.9 Å². The third kappa shape index (κ3) is 2.88. The molecule has 1 spiro atoms. The fraction of sp³-hybridized carbons (Fsp3) is 0.625. The molecule has 1 aromatic carbocycles. The fourth-order valence-corrected chi connectivity index (χ4v) is 6.54. The Hall–Kier alpha value is -2.65. The number of carboxylic acid groups (broad SMARTS) is 1. The summed E-state index contributed by atoms with van der Waals surface area (Å²) in [6, 6.07) is 2.29. The summed E-state index contributed by atoms with van der Waals surface area (Å²) < 4.78 is 11.7. The van der Waals surface area contributed by atoms with Gasteiger partial charge in [0.05, 0.1) is 11.0 Å². The van der Waals surface area contributed by atoms with E-state index in [1.54, 1.807) is 13.0 Å². The Labute approximate surface area is 192 Å². The summed E-state index contributed by atoms with van der Waals surface area (Å²) in [7, 11) is 2.00. The van der Waals surface area contributed by atoms with Gasteiger partial charge in [-0.1, -0.05) is 26.3 Å². The summed E-state index contributed by atoms with van der Waals surface area (Å²) in [4.78, 5) is 39.4. The second-order valence-corrected chi connectivity index (χ2v) is 9.97. The number of likely N-dealkylation sites (N-methyl/N-ethyl adjacent to an activating group) is 1. The van der Waals surface area contributed by atoms with Crippen LogP contribution in [0.2, 0.25) is 0 Å². The first-order valence-electron chi connectivity index (χ1n) is 11.6. The molecule has 1 amide bonds. The van der Waals surface area contributed by atoms with Gasteiger partial charge in [0.25, 0.3) is 0 Å². The number of ether oxygens (including phenoxy) is 2. The highest BCUT2D eigenvalue weighted by Gasteiger charge is 2.72. The van der Waals surface area contributed by atoms with Crippen LogP contribution in [0.5, 0.6) is 11.5 Å². The number of amides is 1. The zero-order valence-electron chi connectivity index (χ0n) is 19.1. The number of rotatable bonds is 5. The van der Waals surface area contributed by atoms with E-state index in [4.69, 9.17) is 9.47 Å². The van der Waals surface area contributed by atoms with Crippen LogP contribution in [-0.4, -0.2) is 70.3 Å². The number of aliphatic hydroxyl groups is 1. The Bertz CT molecular complexity index is 1040. The van der Waals surface area contributed by atoms with Crippen molar-refractivity contribution in [3.63, 3.8) is 0 Å². The average Bonchev–Trinajstić information content (AvgIpc) is 3.14. The molecule has 2 bridgehead atoms. The van der Waals surface area contributed by atoms with Gasteiger partial charge in [-0.2, -0.15) is 0 Å². The number of nitrogens with one attached hydrogen (secondary N) is 1. The number of likely N-dealkylation sites (tertiary alicyclic amines) is 1. The number of nitrogens with zero attached hydrogens (tertiary/aromatic N) is 1. The second kappa shape index (κ2) is 7.43. The number of aliphatic carboxylic acids is 1. The van der Waals surface area contributed by atoms with Crippen LogP contribution in [0, 0.1) is 5.92 Å². The van der Waals surface area contributed by atoms with Crippen molar-refractivity contribution in [2.45, 2.75) is 75.2 Å². The largest absolute Gasteiger partial charge is 0.480 e. The normalized spacial score (nSPS) is 33.5. The van der Waals surface area contributed by atoms with Crippen LogP contribution in [-0.2, 0) is 21.4 Å². The molecule has 4 aliphatic rings. The van der Waals surface area contributed by atoms with Crippen molar-refractivity contribution in [3.05, 3.63) is 23.3 Å². The first-order chi connectivity index (χ1) is 15.6. The molecule has 2 aliphatic heterocycles. The van der Waals surface area contributed by atoms with Gasteiger partial charge in [0.2, 0.25) is 0 Å². The molecule has 2 aliphatic carbocycles. The van der Waals surface area contributed by atoms with E-state index in [-0.39, 0.29) is 29.9 Å². The average molecular weight is 459 g/mol. The van der Waals surface area contributed by atoms with Crippen LogP contribution in [0.3, 0.4) is 0 Å². The predicted octanol–water partition coefficient (Wildman–Crippen LogP) is 1.63. The number of Topliss-reactive ketones (excluding diaryl/α,β-unsaturated/α-hetero) is 1. The first kappa shape index (κ1) is 22.2. The van der Waals surface area contributed by atoms with E-state index >= 15 is 0 Å². The minimum Gasteiger partial charge on any atom is -0.480 e. The number of ketones is 1. The molecule has 178 valence electrons. The van der Waals surface area contributed by atoms with Crippen molar-refractivity contribution in [2.24, 2.45) is 5.92 Å². The van der Waals surface area contributed by atoms with Gasteiger partial charge in [-0.05, 0) is 50.4 Å². The zero-order valence-corrected chi connectivity index (χ0v) is 19.1. The smallest absolute Gasteiger partial charge is 0.413 e. The highest BCUT2D eigenvalue weighted by molar-refractivity contribution is 5.90. The molecule has 1 aromatic rings. The predicted molar refractivity (Wildman–Crippen MR) is 117 cm³/mol. The van der Waals surface area contributed by atoms with E-state index in [1.165, 1.54) is 0 Å². The van der Waals surface area contributed by atoms with E-state index in [1.807, 2.05) is 20.0 Å². The molecule has 2 fully saturated rings. The van der Waals surface area contributed by atoms with Crippen LogP contribution in [0.25, 0.3) is 0 Å². The van der Waals surface area contributed by atoms with Gasteiger partial charge in [0, 0.05) is 18.0 Å². The van der Waals surface area contributed by atoms with E-state index in [0.29, 0.717) is 31.4 Å². The second-order valence-electron chi connectivity index (χ2n) is 9.97. The van der Waals surface area contributed by atoms with Gasteiger partial charge >= 0.3 is 12.1 Å². The number of hydrogen-bond acceptors (Lipinski definition) is 7. The van der Waals surface area contributed by atoms with Gasteiger partial charge in [0.15, 0.2) is 23.4 Å². The molecule has 9 heteroatoms. The first-order valence-corrected chi connectivity index (χ1v) is 11.6. The van der Waals surface area contributed by atoms with Crippen molar-refractivity contribution in [3.8, 4) is 11.5 Å². The Kier molecular flexibility index (Phi) is 4.99. The van der Waals surface area contributed by atoms with E-state index in [2.05, 4.69) is 10.2 Å². The van der Waals surface area contributed by atoms with Crippen LogP contribution in [0.1, 0.15) is 50.7 Å². The van der Waals surface area contributed by atoms with Crippen LogP contribution < -0.4 is 14.8 Å². The van der Waals surface area contributed by atoms with Gasteiger partial charge in [-0.25, -0.2) is 9.59 Å². The Balaban J connectivity index is 1.53. The maximum absolute atomic E-state index is 13.0. The topological polar surface area (TPSA) is 125 Å². The highest BCUT2D eigenvalue weighted by Crippen LogP contribution is 2.64. The van der Waals surface area contributed by atoms with Crippen molar-refractivity contribution in [1.29, 1.82) is 0 Å². The molecule has 2 heterocycles. The monoisotopic (exact) mass is 458 g/mol. The minimum absolute atomic E-state index is 0.0508. The summed E-state index contributed by atoms with van der Waals surface area (Å²) in [5.41, 5.74) is -0.213. The van der Waals surface area contributed by atoms with Crippen molar-refractivity contribution in [2.75, 3.05) is 13.6 Å². The van der Waals surface area contributed by atoms with Crippen molar-refractivity contribution >= 4 is 17.8 Å². The van der Waals surface area contributed by atoms with Gasteiger partial charge in [-0.3, -0.25) is 4.79 Å². The standard InChI is InChI=1S/C24H30N2O7/c1-4-12(2)18(21(28)29)25-22(30)32-15-6-5-13-11-16-24(31)8-7-14(27)20-23(24,9-10-26(16)3)17(13)19(15)33-20/h5-6,12,16,18,20,31H,4,7-11H2,1-3H3,(H,25,30)(H,28,29)/t12-,16+,18-,20-,23?,24+/m0/s1. The molecule has 1 saturated heterocycles. The number of carbonyl (C=O) groups is 3. The molecular weight excluding hydrogens is 428 g/mol. The molecular formula is C24H30N2O7. The number of carboxylic acids is 1. The molecule has 3 N–H and O–H groups in total. The summed E-state index contributed by atoms with van der Waals surface area (Å²) in [5, 5.41) is 23.9. The van der Waals surface area contributed by atoms with Crippen LogP contribution in [0.15, 0.2) is 12.1 Å². The van der Waals surface area contributed by atoms with E-state index in [9.17, 15) is 24.6 Å². The zero-order chi connectivity index (χ0) is 23.7. The van der Waals surface area contributed by atoms with E-state index in [0.717, 1.165) is 17.7 Å². The number of piperidine rings is 1. The number of benzene rings is 1. The SMILES string of the molecule is CC[C@H](C)[C@H](NC(=O)Oc1ccc2c3c1O[C@H]1C(=O)CC[C@@]4(O)[C@@H](C2)N(C)CCC314)C(=O)O. The maximum Gasteiger partial charge on any atom is 0.413 e. The van der Waals surface area contributed by atoms with Gasteiger partial charge in [-0.15, -0.1) is 0 Å². The van der Waals surface area contributed by atoms with Crippen molar-refractivity contribution in [1.82, 2.24) is 10.2 Å². The lowest BCUT2D eigenvalue weighted by Gasteiger charge is -2.61. The van der Waals surface area contributed by atoms with Crippen molar-refractivity contribution < 1.29 is 34.1 Å². The summed E-state index contributed by atoms with van der Waals surface area (Å²) in [6.45, 7) is 4.31. The molecule has 1 unspecified atom stereocenters. The lowest BCUT2D eigenvalue weighted by Crippen LogP contribution is -2.76. The lowest BCUT2D eigenvalue weighted by molar-refractivity contribution is -0.185. The third-order valence-electron chi connectivity index (χ3n) is 8.47. The van der Waals surface area contributed by atoms with Crippen LogP contribution >= 0.6 is 0 Å². The molecule has 0 radical (unpaired) electrons. The number of carbonyl (C=O) groups excluding carboxylic acids is 2. The quantitative estimate of drug-likeness (QED) is 0.608. The van der Waals surface area contributed by atoms with Gasteiger partial charge in [0.1, 0.15) is 6.04 Å². The molecule has 6 atom stereocenters. The highest BCUT2D eigenvalue weighted by atomic mass is 16.6. The Morgan fingerprint density at radius 3 is 2.82 bits per heavy atom. The fourth-order valence-electron chi connectivity index (χ4n) is 6.54. The maximum atomic E-state index is 13.0. The third-order valence-corrected chi connectivity index (χ3v) is 8.47. The number of hydrogen-bond donors (Lipinski definition) is 3. The van der Waals surface area contributed by atoms with E-state index < -0.39 is 35.2 Å². The minimum atomic E-state index is -1.13. The molecule has 9 nitrogen and oxygen atoms in total. The molecule has 1 saturated carbocycles. The molecule has 33 heavy (non-hydrogen) atoms. The summed E-state index contributed by atoms with van der Waals surface area (Å²) >= 11 is 0. The summed E-state index contributed by atoms with van der Waals surface area (Å²) in [6.07, 6.45) is 0.656. The summed E-state index contributed by atoms with van der Waals surface area (Å²) in [5.74, 6) is -1.01. The molecule has 5 rings (SSSR count).